The molecule has 0 aromatic heterocycles. The highest BCUT2D eigenvalue weighted by atomic mass is 32.2. The number of guanidine groups is 1. The summed E-state index contributed by atoms with van der Waals surface area (Å²) in [6, 6.07) is 15.5. The first kappa shape index (κ1) is 18.0. The van der Waals surface area contributed by atoms with Gasteiger partial charge in [-0.05, 0) is 48.6 Å². The standard InChI is InChI=1S/C20H24N4O2S/c1-21-20(24-13-12-16-4-2-3-5-19(16)24)22-14-15-6-10-18(11-7-15)27(25,26)23-17-8-9-17/h2-7,10-11,17,23H,8-9,12-14H2,1H3,(H,21,22). The minimum Gasteiger partial charge on any atom is -0.352 e. The van der Waals surface area contributed by atoms with Gasteiger partial charge in [-0.3, -0.25) is 4.99 Å². The summed E-state index contributed by atoms with van der Waals surface area (Å²) in [4.78, 5) is 6.91. The lowest BCUT2D eigenvalue weighted by molar-refractivity contribution is 0.581. The maximum absolute atomic E-state index is 12.2. The first-order chi connectivity index (χ1) is 13.1. The number of anilines is 1. The second kappa shape index (κ2) is 7.32. The van der Waals surface area contributed by atoms with Crippen LogP contribution in [0.5, 0.6) is 0 Å². The quantitative estimate of drug-likeness (QED) is 0.613. The molecule has 4 rings (SSSR count). The van der Waals surface area contributed by atoms with Crippen LogP contribution in [-0.2, 0) is 23.0 Å². The molecule has 7 heteroatoms. The van der Waals surface area contributed by atoms with E-state index in [0.29, 0.717) is 11.4 Å². The molecule has 1 aliphatic heterocycles. The largest absolute Gasteiger partial charge is 0.352 e. The van der Waals surface area contributed by atoms with E-state index in [2.05, 4.69) is 38.1 Å². The van der Waals surface area contributed by atoms with Gasteiger partial charge in [-0.25, -0.2) is 13.1 Å². The highest BCUT2D eigenvalue weighted by Crippen LogP contribution is 2.27. The van der Waals surface area contributed by atoms with Crippen molar-refractivity contribution in [2.75, 3.05) is 18.5 Å². The van der Waals surface area contributed by atoms with E-state index in [0.717, 1.165) is 37.3 Å². The van der Waals surface area contributed by atoms with Gasteiger partial charge in [0.1, 0.15) is 0 Å². The molecule has 142 valence electrons. The van der Waals surface area contributed by atoms with Crippen LogP contribution in [0.3, 0.4) is 0 Å². The molecule has 2 aromatic rings. The predicted octanol–water partition coefficient (Wildman–Crippen LogP) is 2.27. The number of hydrogen-bond donors (Lipinski definition) is 2. The van der Waals surface area contributed by atoms with E-state index in [4.69, 9.17) is 0 Å². The second-order valence-electron chi connectivity index (χ2n) is 6.97. The first-order valence-corrected chi connectivity index (χ1v) is 10.7. The van der Waals surface area contributed by atoms with E-state index >= 15 is 0 Å². The summed E-state index contributed by atoms with van der Waals surface area (Å²) in [5, 5.41) is 3.38. The molecular weight excluding hydrogens is 360 g/mol. The molecule has 0 amide bonds. The molecule has 0 spiro atoms. The molecule has 0 atom stereocenters. The van der Waals surface area contributed by atoms with Crippen molar-refractivity contribution >= 4 is 21.7 Å². The second-order valence-corrected chi connectivity index (χ2v) is 8.68. The maximum atomic E-state index is 12.2. The van der Waals surface area contributed by atoms with Gasteiger partial charge in [-0.2, -0.15) is 0 Å². The SMILES string of the molecule is CN=C(NCc1ccc(S(=O)(=O)NC2CC2)cc1)N1CCc2ccccc21. The fourth-order valence-electron chi connectivity index (χ4n) is 3.31. The number of rotatable bonds is 5. The van der Waals surface area contributed by atoms with Crippen LogP contribution in [-0.4, -0.2) is 34.0 Å². The lowest BCUT2D eigenvalue weighted by atomic mass is 10.2. The average molecular weight is 385 g/mol. The monoisotopic (exact) mass is 384 g/mol. The van der Waals surface area contributed by atoms with Gasteiger partial charge in [0, 0.05) is 31.9 Å². The number of aliphatic imine (C=N–C) groups is 1. The van der Waals surface area contributed by atoms with Gasteiger partial charge < -0.3 is 10.2 Å². The van der Waals surface area contributed by atoms with Crippen LogP contribution in [0.4, 0.5) is 5.69 Å². The summed E-state index contributed by atoms with van der Waals surface area (Å²) < 4.78 is 27.2. The smallest absolute Gasteiger partial charge is 0.240 e. The van der Waals surface area contributed by atoms with Crippen molar-refractivity contribution < 1.29 is 8.42 Å². The van der Waals surface area contributed by atoms with Crippen molar-refractivity contribution in [2.24, 2.45) is 4.99 Å². The van der Waals surface area contributed by atoms with Gasteiger partial charge >= 0.3 is 0 Å². The minimum atomic E-state index is -3.40. The lowest BCUT2D eigenvalue weighted by Gasteiger charge is -2.22. The Bertz CT molecular complexity index is 950. The molecule has 2 aromatic carbocycles. The summed E-state index contributed by atoms with van der Waals surface area (Å²) in [6.07, 6.45) is 2.87. The summed E-state index contributed by atoms with van der Waals surface area (Å²) >= 11 is 0. The molecule has 1 aliphatic carbocycles. The Morgan fingerprint density at radius 3 is 2.59 bits per heavy atom. The van der Waals surface area contributed by atoms with E-state index < -0.39 is 10.0 Å². The minimum absolute atomic E-state index is 0.114. The van der Waals surface area contributed by atoms with E-state index in [1.807, 2.05) is 18.2 Å². The Kier molecular flexibility index (Phi) is 4.88. The summed E-state index contributed by atoms with van der Waals surface area (Å²) in [5.74, 6) is 0.826. The summed E-state index contributed by atoms with van der Waals surface area (Å²) in [6.45, 7) is 1.49. The molecule has 0 radical (unpaired) electrons. The highest BCUT2D eigenvalue weighted by Gasteiger charge is 2.28. The number of nitrogens with zero attached hydrogens (tertiary/aromatic N) is 2. The molecular formula is C20H24N4O2S. The highest BCUT2D eigenvalue weighted by molar-refractivity contribution is 7.89. The van der Waals surface area contributed by atoms with E-state index in [9.17, 15) is 8.42 Å². The van der Waals surface area contributed by atoms with Gasteiger partial charge in [0.05, 0.1) is 4.90 Å². The third-order valence-electron chi connectivity index (χ3n) is 4.94. The van der Waals surface area contributed by atoms with Gasteiger partial charge in [0.2, 0.25) is 10.0 Å². The van der Waals surface area contributed by atoms with Crippen molar-refractivity contribution in [3.63, 3.8) is 0 Å². The zero-order valence-electron chi connectivity index (χ0n) is 15.4. The number of fused-ring (bicyclic) bond motifs is 1. The zero-order chi connectivity index (χ0) is 18.9. The van der Waals surface area contributed by atoms with Gasteiger partial charge in [-0.1, -0.05) is 30.3 Å². The lowest BCUT2D eigenvalue weighted by Crippen LogP contribution is -2.40. The first-order valence-electron chi connectivity index (χ1n) is 9.24. The van der Waals surface area contributed by atoms with Gasteiger partial charge in [-0.15, -0.1) is 0 Å². The van der Waals surface area contributed by atoms with Gasteiger partial charge in [0.15, 0.2) is 5.96 Å². The normalized spacial score (nSPS) is 17.1. The zero-order valence-corrected chi connectivity index (χ0v) is 16.2. The Balaban J connectivity index is 1.41. The van der Waals surface area contributed by atoms with Crippen molar-refractivity contribution in [2.45, 2.75) is 36.7 Å². The van der Waals surface area contributed by atoms with Crippen LogP contribution < -0.4 is 14.9 Å². The molecule has 27 heavy (non-hydrogen) atoms. The van der Waals surface area contributed by atoms with Crippen molar-refractivity contribution in [3.05, 3.63) is 59.7 Å². The van der Waals surface area contributed by atoms with Crippen molar-refractivity contribution in [1.82, 2.24) is 10.0 Å². The van der Waals surface area contributed by atoms with Crippen LogP contribution in [0.25, 0.3) is 0 Å². The third kappa shape index (κ3) is 3.99. The molecule has 6 nitrogen and oxygen atoms in total. The van der Waals surface area contributed by atoms with E-state index in [-0.39, 0.29) is 6.04 Å². The summed E-state index contributed by atoms with van der Waals surface area (Å²) in [5.41, 5.74) is 3.53. The van der Waals surface area contributed by atoms with Crippen LogP contribution in [0.1, 0.15) is 24.0 Å². The number of sulfonamides is 1. The fraction of sp³-hybridized carbons (Fsp3) is 0.350. The summed E-state index contributed by atoms with van der Waals surface area (Å²) in [7, 11) is -1.62. The van der Waals surface area contributed by atoms with Crippen LogP contribution >= 0.6 is 0 Å². The van der Waals surface area contributed by atoms with E-state index in [1.54, 1.807) is 19.2 Å². The molecule has 2 aliphatic rings. The number of benzene rings is 2. The Morgan fingerprint density at radius 1 is 1.15 bits per heavy atom. The maximum Gasteiger partial charge on any atom is 0.240 e. The molecule has 0 saturated heterocycles. The Labute approximate surface area is 160 Å². The van der Waals surface area contributed by atoms with Crippen molar-refractivity contribution in [3.8, 4) is 0 Å². The molecule has 2 N–H and O–H groups in total. The number of para-hydroxylation sites is 1. The number of nitrogens with one attached hydrogen (secondary N) is 2. The van der Waals surface area contributed by atoms with E-state index in [1.165, 1.54) is 11.3 Å². The third-order valence-corrected chi connectivity index (χ3v) is 6.47. The van der Waals surface area contributed by atoms with Crippen molar-refractivity contribution in [1.29, 1.82) is 0 Å². The molecule has 1 heterocycles. The Hall–Kier alpha value is -2.38. The van der Waals surface area contributed by atoms with Crippen LogP contribution in [0, 0.1) is 0 Å². The molecule has 1 saturated carbocycles. The topological polar surface area (TPSA) is 73.8 Å². The van der Waals surface area contributed by atoms with Crippen LogP contribution in [0.15, 0.2) is 58.4 Å². The predicted molar refractivity (Wildman–Crippen MR) is 107 cm³/mol. The number of hydrogen-bond acceptors (Lipinski definition) is 3. The average Bonchev–Trinajstić information content (AvgIpc) is 3.38. The van der Waals surface area contributed by atoms with Crippen LogP contribution in [0.2, 0.25) is 0 Å². The fourth-order valence-corrected chi connectivity index (χ4v) is 4.61. The van der Waals surface area contributed by atoms with Gasteiger partial charge in [0.25, 0.3) is 0 Å². The molecule has 0 unspecified atom stereocenters. The molecule has 0 bridgehead atoms. The molecule has 1 fully saturated rings. The Morgan fingerprint density at radius 2 is 1.89 bits per heavy atom.